The zero-order valence-electron chi connectivity index (χ0n) is 5.56. The second kappa shape index (κ2) is 4.07. The lowest BCUT2D eigenvalue weighted by Crippen LogP contribution is -2.22. The molecule has 0 saturated carbocycles. The monoisotopic (exact) mass is 153 g/mol. The van der Waals surface area contributed by atoms with E-state index < -0.39 is 0 Å². The van der Waals surface area contributed by atoms with E-state index in [2.05, 4.69) is 12.2 Å². The van der Waals surface area contributed by atoms with Crippen LogP contribution in [0.4, 0.5) is 4.39 Å². The molecule has 0 bridgehead atoms. The van der Waals surface area contributed by atoms with Gasteiger partial charge in [0.1, 0.15) is 6.67 Å². The maximum Gasteiger partial charge on any atom is 0.105 e. The van der Waals surface area contributed by atoms with Crippen LogP contribution in [0.25, 0.3) is 0 Å². The Morgan fingerprint density at radius 3 is 2.56 bits per heavy atom. The van der Waals surface area contributed by atoms with Crippen molar-refractivity contribution in [3.63, 3.8) is 0 Å². The highest BCUT2D eigenvalue weighted by Crippen LogP contribution is 2.12. The van der Waals surface area contributed by atoms with Gasteiger partial charge in [-0.05, 0) is 18.9 Å². The molecule has 1 saturated heterocycles. The highest BCUT2D eigenvalue weighted by molar-refractivity contribution is 5.85. The minimum absolute atomic E-state index is 0. The SMILES string of the molecule is CC1CNC(CF)C1.Cl. The normalized spacial score (nSPS) is 34.0. The number of rotatable bonds is 1. The molecule has 1 heterocycles. The van der Waals surface area contributed by atoms with Crippen molar-refractivity contribution in [3.8, 4) is 0 Å². The Morgan fingerprint density at radius 2 is 2.33 bits per heavy atom. The summed E-state index contributed by atoms with van der Waals surface area (Å²) in [5.74, 6) is 0.677. The van der Waals surface area contributed by atoms with E-state index in [1.165, 1.54) is 0 Å². The summed E-state index contributed by atoms with van der Waals surface area (Å²) in [5.41, 5.74) is 0. The van der Waals surface area contributed by atoms with Crippen LogP contribution >= 0.6 is 12.4 Å². The lowest BCUT2D eigenvalue weighted by Gasteiger charge is -2.00. The van der Waals surface area contributed by atoms with Gasteiger partial charge in [0.05, 0.1) is 0 Å². The van der Waals surface area contributed by atoms with Crippen LogP contribution in [-0.2, 0) is 0 Å². The Kier molecular flexibility index (Phi) is 4.15. The average Bonchev–Trinajstić information content (AvgIpc) is 2.14. The summed E-state index contributed by atoms with van der Waals surface area (Å²) in [6.07, 6.45) is 1.01. The summed E-state index contributed by atoms with van der Waals surface area (Å²) >= 11 is 0. The molecule has 3 heteroatoms. The number of hydrogen-bond donors (Lipinski definition) is 1. The van der Waals surface area contributed by atoms with Gasteiger partial charge in [0.2, 0.25) is 0 Å². The van der Waals surface area contributed by atoms with Crippen LogP contribution < -0.4 is 5.32 Å². The zero-order valence-corrected chi connectivity index (χ0v) is 6.38. The lowest BCUT2D eigenvalue weighted by atomic mass is 10.1. The maximum absolute atomic E-state index is 11.8. The second-order valence-corrected chi connectivity index (χ2v) is 2.60. The Balaban J connectivity index is 0.000000640. The van der Waals surface area contributed by atoms with Gasteiger partial charge in [-0.1, -0.05) is 6.92 Å². The lowest BCUT2D eigenvalue weighted by molar-refractivity contribution is 0.401. The van der Waals surface area contributed by atoms with Crippen molar-refractivity contribution in [2.75, 3.05) is 13.2 Å². The van der Waals surface area contributed by atoms with Crippen LogP contribution in [0.2, 0.25) is 0 Å². The molecule has 0 radical (unpaired) electrons. The van der Waals surface area contributed by atoms with E-state index >= 15 is 0 Å². The Morgan fingerprint density at radius 1 is 1.67 bits per heavy atom. The second-order valence-electron chi connectivity index (χ2n) is 2.60. The molecule has 0 aromatic carbocycles. The van der Waals surface area contributed by atoms with Gasteiger partial charge < -0.3 is 5.32 Å². The van der Waals surface area contributed by atoms with Gasteiger partial charge >= 0.3 is 0 Å². The fourth-order valence-electron chi connectivity index (χ4n) is 1.14. The molecule has 9 heavy (non-hydrogen) atoms. The third-order valence-electron chi connectivity index (χ3n) is 1.63. The molecule has 0 spiro atoms. The van der Waals surface area contributed by atoms with Crippen LogP contribution in [0, 0.1) is 5.92 Å². The molecule has 2 unspecified atom stereocenters. The highest BCUT2D eigenvalue weighted by atomic mass is 35.5. The standard InChI is InChI=1S/C6H12FN.ClH/c1-5-2-6(3-7)8-4-5;/h5-6,8H,2-4H2,1H3;1H. The van der Waals surface area contributed by atoms with Gasteiger partial charge in [0, 0.05) is 6.04 Å². The minimum atomic E-state index is -0.204. The van der Waals surface area contributed by atoms with Crippen LogP contribution in [0.1, 0.15) is 13.3 Å². The molecule has 1 rings (SSSR count). The molecular formula is C6H13ClFN. The van der Waals surface area contributed by atoms with E-state index in [-0.39, 0.29) is 25.1 Å². The van der Waals surface area contributed by atoms with Gasteiger partial charge in [-0.15, -0.1) is 12.4 Å². The maximum atomic E-state index is 11.8. The zero-order chi connectivity index (χ0) is 5.98. The van der Waals surface area contributed by atoms with E-state index in [9.17, 15) is 4.39 Å². The molecule has 1 fully saturated rings. The molecule has 0 aliphatic carbocycles. The number of hydrogen-bond acceptors (Lipinski definition) is 1. The average molecular weight is 154 g/mol. The first-order valence-electron chi connectivity index (χ1n) is 3.12. The molecule has 1 aliphatic heterocycles. The fraction of sp³-hybridized carbons (Fsp3) is 1.00. The first-order chi connectivity index (χ1) is 3.83. The van der Waals surface area contributed by atoms with Crippen LogP contribution in [0.3, 0.4) is 0 Å². The topological polar surface area (TPSA) is 12.0 Å². The molecule has 1 N–H and O–H groups in total. The molecule has 0 amide bonds. The van der Waals surface area contributed by atoms with Crippen molar-refractivity contribution in [1.82, 2.24) is 5.32 Å². The van der Waals surface area contributed by atoms with E-state index in [4.69, 9.17) is 0 Å². The Bertz CT molecular complexity index is 79.5. The molecule has 56 valence electrons. The summed E-state index contributed by atoms with van der Waals surface area (Å²) in [5, 5.41) is 3.08. The van der Waals surface area contributed by atoms with Crippen molar-refractivity contribution < 1.29 is 4.39 Å². The summed E-state index contributed by atoms with van der Waals surface area (Å²) in [6.45, 7) is 2.93. The molecular weight excluding hydrogens is 141 g/mol. The third kappa shape index (κ3) is 2.50. The van der Waals surface area contributed by atoms with Crippen molar-refractivity contribution >= 4 is 12.4 Å². The van der Waals surface area contributed by atoms with Crippen LogP contribution in [0.5, 0.6) is 0 Å². The number of halogens is 2. The van der Waals surface area contributed by atoms with Crippen molar-refractivity contribution in [2.24, 2.45) is 5.92 Å². The molecule has 2 atom stereocenters. The van der Waals surface area contributed by atoms with E-state index in [0.717, 1.165) is 13.0 Å². The predicted molar refractivity (Wildman–Crippen MR) is 38.8 cm³/mol. The first kappa shape index (κ1) is 9.18. The molecule has 1 nitrogen and oxygen atoms in total. The first-order valence-corrected chi connectivity index (χ1v) is 3.12. The quantitative estimate of drug-likeness (QED) is 0.600. The summed E-state index contributed by atoms with van der Waals surface area (Å²) in [4.78, 5) is 0. The minimum Gasteiger partial charge on any atom is -0.311 e. The summed E-state index contributed by atoms with van der Waals surface area (Å²) in [7, 11) is 0. The van der Waals surface area contributed by atoms with Crippen molar-refractivity contribution in [1.29, 1.82) is 0 Å². The summed E-state index contributed by atoms with van der Waals surface area (Å²) < 4.78 is 11.8. The van der Waals surface area contributed by atoms with Gasteiger partial charge in [-0.2, -0.15) is 0 Å². The summed E-state index contributed by atoms with van der Waals surface area (Å²) in [6, 6.07) is 0.157. The highest BCUT2D eigenvalue weighted by Gasteiger charge is 2.19. The molecule has 1 aliphatic rings. The van der Waals surface area contributed by atoms with Crippen LogP contribution in [-0.4, -0.2) is 19.3 Å². The van der Waals surface area contributed by atoms with Gasteiger partial charge in [0.15, 0.2) is 0 Å². The number of alkyl halides is 1. The van der Waals surface area contributed by atoms with E-state index in [0.29, 0.717) is 5.92 Å². The van der Waals surface area contributed by atoms with Gasteiger partial charge in [0.25, 0.3) is 0 Å². The predicted octanol–water partition coefficient (Wildman–Crippen LogP) is 1.38. The largest absolute Gasteiger partial charge is 0.311 e. The molecule has 0 aromatic heterocycles. The Hall–Kier alpha value is 0.180. The van der Waals surface area contributed by atoms with Gasteiger partial charge in [-0.3, -0.25) is 0 Å². The third-order valence-corrected chi connectivity index (χ3v) is 1.63. The number of nitrogens with one attached hydrogen (secondary N) is 1. The fourth-order valence-corrected chi connectivity index (χ4v) is 1.14. The van der Waals surface area contributed by atoms with Gasteiger partial charge in [-0.25, -0.2) is 4.39 Å². The van der Waals surface area contributed by atoms with Crippen molar-refractivity contribution in [2.45, 2.75) is 19.4 Å². The molecule has 0 aromatic rings. The smallest absolute Gasteiger partial charge is 0.105 e. The Labute approximate surface area is 61.4 Å². The van der Waals surface area contributed by atoms with Crippen LogP contribution in [0.15, 0.2) is 0 Å². The van der Waals surface area contributed by atoms with Crippen molar-refractivity contribution in [3.05, 3.63) is 0 Å². The van der Waals surface area contributed by atoms with E-state index in [1.807, 2.05) is 0 Å². The van der Waals surface area contributed by atoms with E-state index in [1.54, 1.807) is 0 Å².